The molecule has 2 aromatic heterocycles. The van der Waals surface area contributed by atoms with Crippen molar-refractivity contribution in [3.05, 3.63) is 29.0 Å². The minimum atomic E-state index is -0.0191. The zero-order chi connectivity index (χ0) is 12.4. The lowest BCUT2D eigenvalue weighted by Crippen LogP contribution is -2.18. The fraction of sp³-hybridized carbons (Fsp3) is 0.462. The lowest BCUT2D eigenvalue weighted by molar-refractivity contribution is 0.494. The van der Waals surface area contributed by atoms with E-state index in [-0.39, 0.29) is 6.04 Å². The van der Waals surface area contributed by atoms with Gasteiger partial charge in [0.1, 0.15) is 5.82 Å². The number of thiophene rings is 1. The van der Waals surface area contributed by atoms with E-state index < -0.39 is 0 Å². The maximum absolute atomic E-state index is 6.07. The van der Waals surface area contributed by atoms with Crippen molar-refractivity contribution < 1.29 is 0 Å². The Kier molecular flexibility index (Phi) is 3.64. The number of hydrogen-bond acceptors (Lipinski definition) is 3. The summed E-state index contributed by atoms with van der Waals surface area (Å²) in [5.74, 6) is 1.27. The highest BCUT2D eigenvalue weighted by Gasteiger charge is 2.14. The van der Waals surface area contributed by atoms with Crippen molar-refractivity contribution in [2.24, 2.45) is 11.7 Å². The van der Waals surface area contributed by atoms with E-state index in [9.17, 15) is 0 Å². The van der Waals surface area contributed by atoms with Gasteiger partial charge in [0.2, 0.25) is 0 Å². The Labute approximate surface area is 106 Å². The fourth-order valence-corrected chi connectivity index (χ4v) is 2.57. The lowest BCUT2D eigenvalue weighted by Gasteiger charge is -2.11. The van der Waals surface area contributed by atoms with E-state index >= 15 is 0 Å². The summed E-state index contributed by atoms with van der Waals surface area (Å²) in [5, 5.41) is 0. The van der Waals surface area contributed by atoms with Crippen molar-refractivity contribution in [3.63, 3.8) is 0 Å². The van der Waals surface area contributed by atoms with E-state index in [0.717, 1.165) is 17.9 Å². The molecule has 92 valence electrons. The maximum Gasteiger partial charge on any atom is 0.123 e. The highest BCUT2D eigenvalue weighted by atomic mass is 32.1. The van der Waals surface area contributed by atoms with Gasteiger partial charge in [-0.25, -0.2) is 4.98 Å². The summed E-state index contributed by atoms with van der Waals surface area (Å²) in [7, 11) is 0. The Bertz CT molecular complexity index is 484. The van der Waals surface area contributed by atoms with Gasteiger partial charge in [0.25, 0.3) is 0 Å². The van der Waals surface area contributed by atoms with Crippen molar-refractivity contribution in [1.29, 1.82) is 0 Å². The minimum absolute atomic E-state index is 0.0191. The number of nitrogens with one attached hydrogen (secondary N) is 1. The summed E-state index contributed by atoms with van der Waals surface area (Å²) in [6.45, 7) is 6.38. The molecular formula is C13H19N3S. The van der Waals surface area contributed by atoms with Gasteiger partial charge in [-0.15, -0.1) is 11.3 Å². The normalized spacial score (nSPS) is 13.2. The molecule has 1 atom stereocenters. The van der Waals surface area contributed by atoms with Crippen molar-refractivity contribution >= 4 is 11.3 Å². The Morgan fingerprint density at radius 2 is 2.18 bits per heavy atom. The number of nitrogens with two attached hydrogens (primary N) is 1. The second-order valence-corrected chi connectivity index (χ2v) is 5.74. The van der Waals surface area contributed by atoms with Crippen LogP contribution >= 0.6 is 11.3 Å². The molecule has 3 N–H and O–H groups in total. The zero-order valence-corrected chi connectivity index (χ0v) is 11.3. The lowest BCUT2D eigenvalue weighted by atomic mass is 10.1. The van der Waals surface area contributed by atoms with Crippen LogP contribution in [-0.2, 0) is 6.42 Å². The number of nitrogens with zero attached hydrogens (tertiary/aromatic N) is 1. The van der Waals surface area contributed by atoms with Crippen LogP contribution in [-0.4, -0.2) is 9.97 Å². The van der Waals surface area contributed by atoms with Crippen LogP contribution in [0.2, 0.25) is 0 Å². The number of imidazole rings is 1. The third-order valence-corrected chi connectivity index (χ3v) is 4.17. The molecule has 1 unspecified atom stereocenters. The quantitative estimate of drug-likeness (QED) is 0.873. The van der Waals surface area contributed by atoms with Gasteiger partial charge in [-0.2, -0.15) is 0 Å². The van der Waals surface area contributed by atoms with Gasteiger partial charge in [0.15, 0.2) is 0 Å². The third-order valence-electron chi connectivity index (χ3n) is 2.91. The molecule has 2 rings (SSSR count). The topological polar surface area (TPSA) is 54.7 Å². The number of rotatable bonds is 4. The first-order valence-electron chi connectivity index (χ1n) is 6.01. The number of hydrogen-bond donors (Lipinski definition) is 2. The number of aromatic nitrogens is 2. The molecule has 0 fully saturated rings. The van der Waals surface area contributed by atoms with Crippen LogP contribution in [0.5, 0.6) is 0 Å². The van der Waals surface area contributed by atoms with E-state index in [1.807, 2.05) is 17.5 Å². The molecule has 0 aromatic carbocycles. The maximum atomic E-state index is 6.07. The van der Waals surface area contributed by atoms with Crippen molar-refractivity contribution in [2.75, 3.05) is 0 Å². The predicted octanol–water partition coefficient (Wildman–Crippen LogP) is 3.36. The molecule has 3 nitrogen and oxygen atoms in total. The number of aryl methyl sites for hydroxylation is 1. The molecule has 0 aliphatic carbocycles. The van der Waals surface area contributed by atoms with Gasteiger partial charge in [-0.1, -0.05) is 20.8 Å². The summed E-state index contributed by atoms with van der Waals surface area (Å²) < 4.78 is 0. The van der Waals surface area contributed by atoms with Crippen LogP contribution in [0.4, 0.5) is 0 Å². The first-order chi connectivity index (χ1) is 8.11. The van der Waals surface area contributed by atoms with Crippen molar-refractivity contribution in [1.82, 2.24) is 9.97 Å². The molecule has 0 spiro atoms. The Morgan fingerprint density at radius 3 is 2.76 bits per heavy atom. The first kappa shape index (κ1) is 12.3. The monoisotopic (exact) mass is 249 g/mol. The van der Waals surface area contributed by atoms with Gasteiger partial charge >= 0.3 is 0 Å². The number of aromatic amines is 1. The molecule has 2 aromatic rings. The molecule has 0 saturated carbocycles. The number of H-pyrrole nitrogens is 1. The van der Waals surface area contributed by atoms with Gasteiger partial charge in [-0.05, 0) is 24.5 Å². The third kappa shape index (κ3) is 2.58. The van der Waals surface area contributed by atoms with Crippen LogP contribution in [0, 0.1) is 5.92 Å². The molecule has 0 radical (unpaired) electrons. The van der Waals surface area contributed by atoms with E-state index in [1.165, 1.54) is 9.75 Å². The smallest absolute Gasteiger partial charge is 0.123 e. The average Bonchev–Trinajstić information content (AvgIpc) is 2.96. The zero-order valence-electron chi connectivity index (χ0n) is 10.5. The SMILES string of the molecule is CCc1ccc(-c2cnc(C(N)C(C)C)[nH]2)s1. The Morgan fingerprint density at radius 1 is 1.41 bits per heavy atom. The van der Waals surface area contributed by atoms with Crippen LogP contribution < -0.4 is 5.73 Å². The standard InChI is InChI=1S/C13H19N3S/c1-4-9-5-6-11(17-9)10-7-15-13(16-10)12(14)8(2)3/h5-8,12H,4,14H2,1-3H3,(H,15,16). The van der Waals surface area contributed by atoms with E-state index in [0.29, 0.717) is 5.92 Å². The molecular weight excluding hydrogens is 230 g/mol. The molecule has 0 amide bonds. The largest absolute Gasteiger partial charge is 0.340 e. The van der Waals surface area contributed by atoms with Gasteiger partial charge in [0.05, 0.1) is 22.8 Å². The second kappa shape index (κ2) is 5.02. The molecule has 2 heterocycles. The van der Waals surface area contributed by atoms with Crippen molar-refractivity contribution in [2.45, 2.75) is 33.2 Å². The molecule has 0 bridgehead atoms. The molecule has 4 heteroatoms. The highest BCUT2D eigenvalue weighted by Crippen LogP contribution is 2.28. The van der Waals surface area contributed by atoms with Gasteiger partial charge < -0.3 is 10.7 Å². The first-order valence-corrected chi connectivity index (χ1v) is 6.83. The van der Waals surface area contributed by atoms with Crippen molar-refractivity contribution in [3.8, 4) is 10.6 Å². The summed E-state index contributed by atoms with van der Waals surface area (Å²) in [4.78, 5) is 10.3. The minimum Gasteiger partial charge on any atom is -0.340 e. The molecule has 17 heavy (non-hydrogen) atoms. The fourth-order valence-electron chi connectivity index (χ4n) is 1.66. The van der Waals surface area contributed by atoms with Crippen LogP contribution in [0.25, 0.3) is 10.6 Å². The van der Waals surface area contributed by atoms with Crippen LogP contribution in [0.15, 0.2) is 18.3 Å². The Hall–Kier alpha value is -1.13. The molecule has 0 aliphatic heterocycles. The summed E-state index contributed by atoms with van der Waals surface area (Å²) >= 11 is 1.81. The average molecular weight is 249 g/mol. The van der Waals surface area contributed by atoms with Gasteiger partial charge in [0, 0.05) is 4.88 Å². The molecule has 0 aliphatic rings. The second-order valence-electron chi connectivity index (χ2n) is 4.57. The van der Waals surface area contributed by atoms with Gasteiger partial charge in [-0.3, -0.25) is 0 Å². The van der Waals surface area contributed by atoms with Crippen LogP contribution in [0.1, 0.15) is 37.5 Å². The highest BCUT2D eigenvalue weighted by molar-refractivity contribution is 7.15. The summed E-state index contributed by atoms with van der Waals surface area (Å²) in [5.41, 5.74) is 7.14. The van der Waals surface area contributed by atoms with Crippen LogP contribution in [0.3, 0.4) is 0 Å². The van der Waals surface area contributed by atoms with E-state index in [4.69, 9.17) is 5.73 Å². The summed E-state index contributed by atoms with van der Waals surface area (Å²) in [6.07, 6.45) is 2.96. The Balaban J connectivity index is 2.23. The molecule has 0 saturated heterocycles. The van der Waals surface area contributed by atoms with E-state index in [2.05, 4.69) is 42.9 Å². The van der Waals surface area contributed by atoms with E-state index in [1.54, 1.807) is 0 Å². The summed E-state index contributed by atoms with van der Waals surface area (Å²) in [6, 6.07) is 4.29. The predicted molar refractivity (Wildman–Crippen MR) is 73.0 cm³/mol.